The molecule has 0 rings (SSSR count). The van der Waals surface area contributed by atoms with Gasteiger partial charge < -0.3 is 25.0 Å². The summed E-state index contributed by atoms with van der Waals surface area (Å²) in [5, 5.41) is 2.33. The van der Waals surface area contributed by atoms with E-state index in [1.165, 1.54) is 0 Å². The van der Waals surface area contributed by atoms with Crippen LogP contribution in [0, 0.1) is 7.43 Å². The molecule has 0 saturated heterocycles. The molecule has 0 heterocycles. The smallest absolute Gasteiger partial charge is 0 e. The molecule has 2 heteroatoms. The molecule has 0 saturated carbocycles. The molecule has 0 bridgehead atoms. The summed E-state index contributed by atoms with van der Waals surface area (Å²) >= 11 is 4.14. The van der Waals surface area contributed by atoms with E-state index in [1.807, 2.05) is 0 Å². The van der Waals surface area contributed by atoms with Crippen LogP contribution in [0.15, 0.2) is 0 Å². The van der Waals surface area contributed by atoms with Gasteiger partial charge in [0.05, 0.1) is 0 Å². The molecule has 0 N–H and O–H groups in total. The van der Waals surface area contributed by atoms with E-state index in [2.05, 4.69) is 17.6 Å². The first kappa shape index (κ1) is 16.4. The SMILES string of the molecule is C[C-]=S.[CH3-].[Y]. The fraction of sp³-hybridized carbons (Fsp3) is 0.333. The van der Waals surface area contributed by atoms with Gasteiger partial charge in [-0.1, -0.05) is 0 Å². The zero-order chi connectivity index (χ0) is 2.71. The van der Waals surface area contributed by atoms with Crippen molar-refractivity contribution < 1.29 is 32.7 Å². The predicted octanol–water partition coefficient (Wildman–Crippen LogP) is 1.33. The van der Waals surface area contributed by atoms with Gasteiger partial charge in [0.1, 0.15) is 0 Å². The van der Waals surface area contributed by atoms with Crippen molar-refractivity contribution in [3.8, 4) is 0 Å². The number of thiocarbonyl (C=S) groups is 1. The second-order valence-corrected chi connectivity index (χ2v) is 0.612. The van der Waals surface area contributed by atoms with E-state index in [0.29, 0.717) is 0 Å². The van der Waals surface area contributed by atoms with Gasteiger partial charge in [-0.3, -0.25) is 0 Å². The Morgan fingerprint density at radius 3 is 1.60 bits per heavy atom. The van der Waals surface area contributed by atoms with Crippen molar-refractivity contribution in [2.45, 2.75) is 6.92 Å². The summed E-state index contributed by atoms with van der Waals surface area (Å²) in [6.07, 6.45) is 0. The van der Waals surface area contributed by atoms with Gasteiger partial charge in [0.2, 0.25) is 0 Å². The Morgan fingerprint density at radius 2 is 1.60 bits per heavy atom. The normalized spacial score (nSPS) is 2.60. The summed E-state index contributed by atoms with van der Waals surface area (Å²) in [6.45, 7) is 1.69. The number of hydrogen-bond acceptors (Lipinski definition) is 1. The van der Waals surface area contributed by atoms with Gasteiger partial charge in [0.15, 0.2) is 0 Å². The summed E-state index contributed by atoms with van der Waals surface area (Å²) in [7, 11) is 0. The second-order valence-electron chi connectivity index (χ2n) is 0.204. The summed E-state index contributed by atoms with van der Waals surface area (Å²) in [5.41, 5.74) is 0. The Morgan fingerprint density at radius 1 is 1.60 bits per heavy atom. The van der Waals surface area contributed by atoms with Gasteiger partial charge in [-0.05, 0) is 0 Å². The summed E-state index contributed by atoms with van der Waals surface area (Å²) < 4.78 is 0. The Kier molecular flexibility index (Phi) is 62.2. The van der Waals surface area contributed by atoms with Crippen LogP contribution in [0.3, 0.4) is 0 Å². The van der Waals surface area contributed by atoms with Crippen LogP contribution in [0.25, 0.3) is 0 Å². The number of rotatable bonds is 0. The van der Waals surface area contributed by atoms with Crippen LogP contribution >= 0.6 is 12.2 Å². The molecule has 0 aliphatic carbocycles. The van der Waals surface area contributed by atoms with E-state index < -0.39 is 0 Å². The Labute approximate surface area is 64.2 Å². The van der Waals surface area contributed by atoms with E-state index >= 15 is 0 Å². The van der Waals surface area contributed by atoms with E-state index in [9.17, 15) is 0 Å². The molecule has 0 aliphatic rings. The molecule has 0 atom stereocenters. The van der Waals surface area contributed by atoms with Crippen molar-refractivity contribution in [3.05, 3.63) is 7.43 Å². The summed E-state index contributed by atoms with van der Waals surface area (Å²) in [5.74, 6) is 0. The third kappa shape index (κ3) is 37.2. The first-order valence-electron chi connectivity index (χ1n) is 0.704. The van der Waals surface area contributed by atoms with Crippen molar-refractivity contribution in [2.75, 3.05) is 0 Å². The second kappa shape index (κ2) is 19.0. The molecule has 0 aromatic rings. The summed E-state index contributed by atoms with van der Waals surface area (Å²) in [4.78, 5) is 0. The molecule has 1 radical (unpaired) electrons. The molecule has 0 unspecified atom stereocenters. The maximum atomic E-state index is 4.14. The molecule has 29 valence electrons. The molecule has 0 nitrogen and oxygen atoms in total. The Balaban J connectivity index is -0.0000000200. The van der Waals surface area contributed by atoms with Crippen LogP contribution in [-0.4, -0.2) is 5.37 Å². The molecule has 0 aliphatic heterocycles. The minimum Gasteiger partial charge on any atom is -0.428 e. The standard InChI is InChI=1S/C2H3S.CH3.Y/c1-2-3;;/h1H3;1H3;/q2*-1;. The fourth-order valence-corrected chi connectivity index (χ4v) is 0. The van der Waals surface area contributed by atoms with E-state index in [4.69, 9.17) is 0 Å². The Hall–Kier alpha value is 1.19. The maximum absolute atomic E-state index is 4.14. The largest absolute Gasteiger partial charge is 0.428 e. The molecule has 0 fully saturated rings. The zero-order valence-electron chi connectivity index (χ0n) is 3.49. The topological polar surface area (TPSA) is 0 Å². The predicted molar refractivity (Wildman–Crippen MR) is 24.7 cm³/mol. The molecule has 0 spiro atoms. The van der Waals surface area contributed by atoms with Crippen molar-refractivity contribution in [1.29, 1.82) is 0 Å². The average Bonchev–Trinajstić information content (AvgIpc) is 0.918. The third-order valence-corrected chi connectivity index (χ3v) is 0. The van der Waals surface area contributed by atoms with Gasteiger partial charge in [0, 0.05) is 32.7 Å². The van der Waals surface area contributed by atoms with Crippen molar-refractivity contribution in [1.82, 2.24) is 0 Å². The van der Waals surface area contributed by atoms with Crippen molar-refractivity contribution in [3.63, 3.8) is 0 Å². The van der Waals surface area contributed by atoms with Crippen LogP contribution in [0.1, 0.15) is 6.92 Å². The zero-order valence-corrected chi connectivity index (χ0v) is 7.14. The van der Waals surface area contributed by atoms with Gasteiger partial charge in [0.25, 0.3) is 0 Å². The molecular formula is C3H6SY-2. The average molecular weight is 163 g/mol. The van der Waals surface area contributed by atoms with E-state index in [1.54, 1.807) is 6.92 Å². The third-order valence-electron chi connectivity index (χ3n) is 0. The minimum absolute atomic E-state index is 0. The first-order valence-corrected chi connectivity index (χ1v) is 1.11. The van der Waals surface area contributed by atoms with Gasteiger partial charge in [-0.2, -0.15) is 6.92 Å². The fourth-order valence-electron chi connectivity index (χ4n) is 0. The van der Waals surface area contributed by atoms with E-state index in [0.717, 1.165) is 0 Å². The number of hydrogen-bond donors (Lipinski definition) is 0. The van der Waals surface area contributed by atoms with Crippen LogP contribution in [0.5, 0.6) is 0 Å². The molecule has 0 amide bonds. The van der Waals surface area contributed by atoms with Gasteiger partial charge in [-0.15, -0.1) is 0 Å². The quantitative estimate of drug-likeness (QED) is 0.383. The van der Waals surface area contributed by atoms with Crippen LogP contribution in [0.2, 0.25) is 0 Å². The first-order chi connectivity index (χ1) is 1.41. The van der Waals surface area contributed by atoms with Gasteiger partial charge in [-0.25, -0.2) is 0 Å². The minimum atomic E-state index is 0. The van der Waals surface area contributed by atoms with Crippen LogP contribution in [-0.2, 0) is 32.7 Å². The van der Waals surface area contributed by atoms with E-state index in [-0.39, 0.29) is 40.1 Å². The molecule has 5 heavy (non-hydrogen) atoms. The van der Waals surface area contributed by atoms with Crippen LogP contribution in [0.4, 0.5) is 0 Å². The van der Waals surface area contributed by atoms with Crippen molar-refractivity contribution in [2.24, 2.45) is 0 Å². The van der Waals surface area contributed by atoms with Crippen molar-refractivity contribution >= 4 is 17.6 Å². The molecule has 0 aromatic heterocycles. The maximum Gasteiger partial charge on any atom is 0 e. The molecule has 0 aromatic carbocycles. The van der Waals surface area contributed by atoms with Crippen LogP contribution < -0.4 is 0 Å². The monoisotopic (exact) mass is 163 g/mol. The Bertz CT molecular complexity index is 14.4. The van der Waals surface area contributed by atoms with Gasteiger partial charge >= 0.3 is 0 Å². The molecular weight excluding hydrogens is 157 g/mol. The summed E-state index contributed by atoms with van der Waals surface area (Å²) in [6, 6.07) is 0.